The number of nitrogens with one attached hydrogen (secondary N) is 1. The quantitative estimate of drug-likeness (QED) is 0.225. The molecule has 0 spiro atoms. The molecule has 5 aliphatic rings. The predicted molar refractivity (Wildman–Crippen MR) is 189 cm³/mol. The second kappa shape index (κ2) is 11.7. The number of aliphatic carboxylic acids is 1. The highest BCUT2D eigenvalue weighted by Gasteiger charge is 2.71. The van der Waals surface area contributed by atoms with Crippen LogP contribution in [0.15, 0.2) is 42.5 Å². The average molecular weight is 660 g/mol. The molecule has 6 heteroatoms. The standard InChI is InChI=1S/C42H61NO5/c1-26(2)28-17-22-42(43-35(45)27-13-11-10-12-14-27)24-23-40(8)29(34(28)42)15-16-31-39(7)20-19-32(48-33(44)25-37(3,4)36(46)47)38(5,6)30(39)18-21-41(31,40)9/h10-14,28-32,34H,1,15-25H2,2-9H3,(H,43,45)(H,46,47)/t28-,29+,30-,31+,32-,34+,39-,40+,41+,42-/m0/s1. The zero-order valence-corrected chi connectivity index (χ0v) is 30.9. The van der Waals surface area contributed by atoms with Gasteiger partial charge < -0.3 is 15.2 Å². The highest BCUT2D eigenvalue weighted by atomic mass is 16.5. The molecule has 1 aromatic rings. The van der Waals surface area contributed by atoms with Gasteiger partial charge in [-0.3, -0.25) is 14.4 Å². The van der Waals surface area contributed by atoms with E-state index in [1.54, 1.807) is 13.8 Å². The smallest absolute Gasteiger partial charge is 0.309 e. The number of allylic oxidation sites excluding steroid dienone is 1. The van der Waals surface area contributed by atoms with Crippen molar-refractivity contribution in [2.45, 2.75) is 138 Å². The van der Waals surface area contributed by atoms with Crippen LogP contribution in [0.1, 0.15) is 136 Å². The number of ether oxygens (including phenoxy) is 1. The van der Waals surface area contributed by atoms with Crippen molar-refractivity contribution >= 4 is 17.8 Å². The van der Waals surface area contributed by atoms with E-state index in [2.05, 4.69) is 53.4 Å². The van der Waals surface area contributed by atoms with Crippen LogP contribution in [0.25, 0.3) is 0 Å². The first kappa shape index (κ1) is 35.2. The fraction of sp³-hybridized carbons (Fsp3) is 0.738. The number of fused-ring (bicyclic) bond motifs is 7. The van der Waals surface area contributed by atoms with Crippen LogP contribution in [-0.2, 0) is 14.3 Å². The molecule has 1 amide bonds. The van der Waals surface area contributed by atoms with Crippen molar-refractivity contribution in [2.75, 3.05) is 0 Å². The van der Waals surface area contributed by atoms with Gasteiger partial charge in [-0.05, 0) is 143 Å². The largest absolute Gasteiger partial charge is 0.481 e. The van der Waals surface area contributed by atoms with E-state index in [4.69, 9.17) is 4.74 Å². The highest BCUT2D eigenvalue weighted by molar-refractivity contribution is 5.94. The summed E-state index contributed by atoms with van der Waals surface area (Å²) in [6.45, 7) is 22.3. The Hall–Kier alpha value is -2.63. The SMILES string of the molecule is C=C(C)[C@@H]1CC[C@]2(NC(=O)c3ccccc3)CC[C@]3(C)[C@H](CC[C@@H]4[C@@]5(C)CC[C@H](OC(=O)CC(C)(C)C(=O)O)C(C)(C)[C@@H]5CC[C@]43C)[C@@H]12. The molecular formula is C42H61NO5. The molecule has 0 radical (unpaired) electrons. The number of carbonyl (C=O) groups excluding carboxylic acids is 2. The van der Waals surface area contributed by atoms with Crippen LogP contribution >= 0.6 is 0 Å². The Labute approximate surface area is 289 Å². The zero-order chi connectivity index (χ0) is 35.1. The Balaban J connectivity index is 1.27. The third-order valence-electron chi connectivity index (χ3n) is 15.8. The van der Waals surface area contributed by atoms with Gasteiger partial charge in [-0.1, -0.05) is 65.0 Å². The molecule has 2 N–H and O–H groups in total. The lowest BCUT2D eigenvalue weighted by atomic mass is 9.32. The summed E-state index contributed by atoms with van der Waals surface area (Å²) in [5.74, 6) is 1.02. The monoisotopic (exact) mass is 659 g/mol. The van der Waals surface area contributed by atoms with Crippen molar-refractivity contribution in [3.05, 3.63) is 48.0 Å². The number of hydrogen-bond donors (Lipinski definition) is 2. The van der Waals surface area contributed by atoms with Crippen molar-refractivity contribution in [2.24, 2.45) is 56.7 Å². The van der Waals surface area contributed by atoms with Crippen LogP contribution in [0.3, 0.4) is 0 Å². The van der Waals surface area contributed by atoms with Gasteiger partial charge in [0, 0.05) is 16.5 Å². The summed E-state index contributed by atoms with van der Waals surface area (Å²) in [4.78, 5) is 38.5. The fourth-order valence-corrected chi connectivity index (χ4v) is 13.1. The number of hydrogen-bond acceptors (Lipinski definition) is 4. The maximum Gasteiger partial charge on any atom is 0.309 e. The Bertz CT molecular complexity index is 1470. The number of benzene rings is 1. The highest BCUT2D eigenvalue weighted by Crippen LogP contribution is 2.76. The molecule has 10 atom stereocenters. The molecule has 5 saturated carbocycles. The maximum absolute atomic E-state index is 13.7. The summed E-state index contributed by atoms with van der Waals surface area (Å²) in [5, 5.41) is 13.3. The lowest BCUT2D eigenvalue weighted by molar-refractivity contribution is -0.246. The minimum atomic E-state index is -1.14. The van der Waals surface area contributed by atoms with E-state index >= 15 is 0 Å². The first-order valence-electron chi connectivity index (χ1n) is 18.8. The number of esters is 1. The van der Waals surface area contributed by atoms with Crippen LogP contribution in [0.2, 0.25) is 0 Å². The molecule has 5 fully saturated rings. The second-order valence-corrected chi connectivity index (χ2v) is 18.9. The Morgan fingerprint density at radius 1 is 0.875 bits per heavy atom. The second-order valence-electron chi connectivity index (χ2n) is 18.9. The van der Waals surface area contributed by atoms with Crippen molar-refractivity contribution in [3.8, 4) is 0 Å². The van der Waals surface area contributed by atoms with E-state index in [9.17, 15) is 19.5 Å². The van der Waals surface area contributed by atoms with Gasteiger partial charge in [-0.25, -0.2) is 0 Å². The van der Waals surface area contributed by atoms with Gasteiger partial charge >= 0.3 is 11.9 Å². The van der Waals surface area contributed by atoms with Crippen LogP contribution in [0.5, 0.6) is 0 Å². The minimum absolute atomic E-state index is 0.0608. The Morgan fingerprint density at radius 3 is 2.21 bits per heavy atom. The van der Waals surface area contributed by atoms with Gasteiger partial charge in [0.2, 0.25) is 0 Å². The molecule has 6 nitrogen and oxygen atoms in total. The topological polar surface area (TPSA) is 92.7 Å². The van der Waals surface area contributed by atoms with Crippen molar-refractivity contribution in [3.63, 3.8) is 0 Å². The first-order chi connectivity index (χ1) is 22.3. The molecule has 1 aromatic carbocycles. The van der Waals surface area contributed by atoms with E-state index in [1.807, 2.05) is 30.3 Å². The third kappa shape index (κ3) is 5.20. The molecule has 264 valence electrons. The molecule has 48 heavy (non-hydrogen) atoms. The Morgan fingerprint density at radius 2 is 1.56 bits per heavy atom. The zero-order valence-electron chi connectivity index (χ0n) is 30.9. The van der Waals surface area contributed by atoms with Crippen molar-refractivity contribution in [1.82, 2.24) is 5.32 Å². The summed E-state index contributed by atoms with van der Waals surface area (Å²) in [5.41, 5.74) is 0.939. The van der Waals surface area contributed by atoms with Gasteiger partial charge in [0.25, 0.3) is 5.91 Å². The molecule has 0 bridgehead atoms. The summed E-state index contributed by atoms with van der Waals surface area (Å²) < 4.78 is 6.16. The normalized spacial score (nSPS) is 41.5. The molecule has 0 aromatic heterocycles. The van der Waals surface area contributed by atoms with Gasteiger partial charge in [0.1, 0.15) is 6.10 Å². The lowest BCUT2D eigenvalue weighted by Gasteiger charge is -2.73. The van der Waals surface area contributed by atoms with E-state index in [0.717, 1.165) is 56.9 Å². The van der Waals surface area contributed by atoms with Crippen LogP contribution in [-0.4, -0.2) is 34.6 Å². The van der Waals surface area contributed by atoms with Gasteiger partial charge in [-0.15, -0.1) is 0 Å². The number of amides is 1. The van der Waals surface area contributed by atoms with Gasteiger partial charge in [0.05, 0.1) is 11.8 Å². The number of rotatable bonds is 7. The van der Waals surface area contributed by atoms with Crippen LogP contribution in [0, 0.1) is 56.7 Å². The van der Waals surface area contributed by atoms with Crippen molar-refractivity contribution in [1.29, 1.82) is 0 Å². The van der Waals surface area contributed by atoms with Gasteiger partial charge in [0.15, 0.2) is 0 Å². The molecule has 5 aliphatic carbocycles. The van der Waals surface area contributed by atoms with Crippen LogP contribution in [0.4, 0.5) is 0 Å². The van der Waals surface area contributed by atoms with Gasteiger partial charge in [-0.2, -0.15) is 0 Å². The summed E-state index contributed by atoms with van der Waals surface area (Å²) in [7, 11) is 0. The number of carboxylic acid groups (broad SMARTS) is 1. The minimum Gasteiger partial charge on any atom is -0.481 e. The Kier molecular flexibility index (Phi) is 8.60. The molecule has 0 aliphatic heterocycles. The summed E-state index contributed by atoms with van der Waals surface area (Å²) in [6.07, 6.45) is 10.4. The molecule has 0 unspecified atom stereocenters. The molecule has 0 saturated heterocycles. The average Bonchev–Trinajstić information content (AvgIpc) is 3.39. The maximum atomic E-state index is 13.7. The number of carboxylic acids is 1. The van der Waals surface area contributed by atoms with E-state index in [1.165, 1.54) is 18.4 Å². The third-order valence-corrected chi connectivity index (χ3v) is 15.8. The lowest BCUT2D eigenvalue weighted by Crippen LogP contribution is -2.69. The van der Waals surface area contributed by atoms with Crippen molar-refractivity contribution < 1.29 is 24.2 Å². The van der Waals surface area contributed by atoms with E-state index < -0.39 is 17.4 Å². The van der Waals surface area contributed by atoms with E-state index in [0.29, 0.717) is 29.6 Å². The van der Waals surface area contributed by atoms with E-state index in [-0.39, 0.29) is 45.6 Å². The molecule has 6 rings (SSSR count). The summed E-state index contributed by atoms with van der Waals surface area (Å²) >= 11 is 0. The fourth-order valence-electron chi connectivity index (χ4n) is 13.1. The van der Waals surface area contributed by atoms with Crippen LogP contribution < -0.4 is 5.32 Å². The first-order valence-corrected chi connectivity index (χ1v) is 18.8. The molecular weight excluding hydrogens is 598 g/mol. The summed E-state index contributed by atoms with van der Waals surface area (Å²) in [6, 6.07) is 9.72. The predicted octanol–water partition coefficient (Wildman–Crippen LogP) is 9.24. The molecule has 0 heterocycles. The number of carbonyl (C=O) groups is 3.